The van der Waals surface area contributed by atoms with Crippen LogP contribution in [-0.4, -0.2) is 43.2 Å². The number of halogens is 1. The first-order chi connectivity index (χ1) is 8.50. The minimum Gasteiger partial charge on any atom is -0.355 e. The van der Waals surface area contributed by atoms with Gasteiger partial charge in [0.1, 0.15) is 10.0 Å². The van der Waals surface area contributed by atoms with Gasteiger partial charge in [-0.3, -0.25) is 4.79 Å². The van der Waals surface area contributed by atoms with E-state index in [1.807, 2.05) is 0 Å². The summed E-state index contributed by atoms with van der Waals surface area (Å²) >= 11 is 5.61. The standard InChI is InChI=1S/C10H12ClN3O3S/c11-9-3-2-8(6-13-9)18(16,17)14-5-1-4-12-10(15)7-14/h2-3,6H,1,4-5,7H2,(H,12,15). The summed E-state index contributed by atoms with van der Waals surface area (Å²) in [5.74, 6) is -0.294. The number of carbonyl (C=O) groups is 1. The largest absolute Gasteiger partial charge is 0.355 e. The number of nitrogens with one attached hydrogen (secondary N) is 1. The van der Waals surface area contributed by atoms with Crippen LogP contribution in [0.3, 0.4) is 0 Å². The lowest BCUT2D eigenvalue weighted by molar-refractivity contribution is -0.120. The number of carbonyl (C=O) groups excluding carboxylic acids is 1. The highest BCUT2D eigenvalue weighted by molar-refractivity contribution is 7.89. The molecule has 1 N–H and O–H groups in total. The molecule has 98 valence electrons. The van der Waals surface area contributed by atoms with E-state index in [1.54, 1.807) is 0 Å². The van der Waals surface area contributed by atoms with Crippen molar-refractivity contribution >= 4 is 27.5 Å². The van der Waals surface area contributed by atoms with Gasteiger partial charge in [0.2, 0.25) is 15.9 Å². The summed E-state index contributed by atoms with van der Waals surface area (Å²) < 4.78 is 25.7. The smallest absolute Gasteiger partial charge is 0.245 e. The van der Waals surface area contributed by atoms with Crippen molar-refractivity contribution in [1.82, 2.24) is 14.6 Å². The average Bonchev–Trinajstić information content (AvgIpc) is 2.55. The van der Waals surface area contributed by atoms with E-state index >= 15 is 0 Å². The molecule has 0 aliphatic carbocycles. The summed E-state index contributed by atoms with van der Waals surface area (Å²) in [6.07, 6.45) is 1.78. The Kier molecular flexibility index (Phi) is 3.84. The first kappa shape index (κ1) is 13.3. The van der Waals surface area contributed by atoms with Crippen molar-refractivity contribution in [2.45, 2.75) is 11.3 Å². The lowest BCUT2D eigenvalue weighted by Crippen LogP contribution is -2.37. The second-order valence-electron chi connectivity index (χ2n) is 3.86. The Balaban J connectivity index is 2.29. The molecule has 0 bridgehead atoms. The van der Waals surface area contributed by atoms with Crippen LogP contribution >= 0.6 is 11.6 Å². The normalized spacial score (nSPS) is 18.2. The predicted octanol–water partition coefficient (Wildman–Crippen LogP) is 0.246. The van der Waals surface area contributed by atoms with Crippen molar-refractivity contribution in [2.24, 2.45) is 0 Å². The number of hydrogen-bond acceptors (Lipinski definition) is 4. The third-order valence-corrected chi connectivity index (χ3v) is 4.62. The van der Waals surface area contributed by atoms with E-state index in [0.717, 1.165) is 4.31 Å². The fraction of sp³-hybridized carbons (Fsp3) is 0.400. The van der Waals surface area contributed by atoms with Crippen molar-refractivity contribution in [3.63, 3.8) is 0 Å². The molecule has 18 heavy (non-hydrogen) atoms. The number of aromatic nitrogens is 1. The fourth-order valence-electron chi connectivity index (χ4n) is 1.65. The lowest BCUT2D eigenvalue weighted by Gasteiger charge is -2.18. The molecule has 0 radical (unpaired) electrons. The zero-order valence-electron chi connectivity index (χ0n) is 9.47. The third kappa shape index (κ3) is 2.80. The van der Waals surface area contributed by atoms with E-state index in [-0.39, 0.29) is 22.5 Å². The highest BCUT2D eigenvalue weighted by Crippen LogP contribution is 2.17. The van der Waals surface area contributed by atoms with Crippen LogP contribution in [0, 0.1) is 0 Å². The summed E-state index contributed by atoms with van der Waals surface area (Å²) in [5.41, 5.74) is 0. The molecule has 2 heterocycles. The number of amides is 1. The molecule has 1 saturated heterocycles. The van der Waals surface area contributed by atoms with Gasteiger partial charge in [-0.05, 0) is 18.6 Å². The summed E-state index contributed by atoms with van der Waals surface area (Å²) in [6.45, 7) is 0.637. The van der Waals surface area contributed by atoms with Crippen molar-refractivity contribution in [1.29, 1.82) is 0 Å². The maximum Gasteiger partial charge on any atom is 0.245 e. The Morgan fingerprint density at radius 2 is 2.17 bits per heavy atom. The first-order valence-electron chi connectivity index (χ1n) is 5.38. The van der Waals surface area contributed by atoms with Crippen LogP contribution in [-0.2, 0) is 14.8 Å². The highest BCUT2D eigenvalue weighted by Gasteiger charge is 2.28. The third-order valence-electron chi connectivity index (χ3n) is 2.56. The van der Waals surface area contributed by atoms with Crippen LogP contribution in [0.2, 0.25) is 5.15 Å². The number of rotatable bonds is 2. The van der Waals surface area contributed by atoms with E-state index in [1.165, 1.54) is 18.3 Å². The summed E-state index contributed by atoms with van der Waals surface area (Å²) in [6, 6.07) is 2.79. The van der Waals surface area contributed by atoms with Crippen LogP contribution in [0.4, 0.5) is 0 Å². The van der Waals surface area contributed by atoms with Crippen molar-refractivity contribution in [3.8, 4) is 0 Å². The Morgan fingerprint density at radius 3 is 2.83 bits per heavy atom. The van der Waals surface area contributed by atoms with E-state index < -0.39 is 10.0 Å². The van der Waals surface area contributed by atoms with E-state index in [4.69, 9.17) is 11.6 Å². The van der Waals surface area contributed by atoms with E-state index in [0.29, 0.717) is 19.5 Å². The summed E-state index contributed by atoms with van der Waals surface area (Å²) in [5, 5.41) is 2.85. The van der Waals surface area contributed by atoms with Gasteiger partial charge in [-0.25, -0.2) is 13.4 Å². The molecule has 0 saturated carbocycles. The topological polar surface area (TPSA) is 79.4 Å². The second-order valence-corrected chi connectivity index (χ2v) is 6.18. The summed E-state index contributed by atoms with van der Waals surface area (Å²) in [4.78, 5) is 15.2. The number of pyridine rings is 1. The van der Waals surface area contributed by atoms with Crippen molar-refractivity contribution in [3.05, 3.63) is 23.5 Å². The monoisotopic (exact) mass is 289 g/mol. The molecular formula is C10H12ClN3O3S. The molecule has 1 aromatic heterocycles. The van der Waals surface area contributed by atoms with Crippen LogP contribution < -0.4 is 5.32 Å². The van der Waals surface area contributed by atoms with Crippen LogP contribution in [0.5, 0.6) is 0 Å². The Labute approximate surface area is 110 Å². The van der Waals surface area contributed by atoms with Gasteiger partial charge >= 0.3 is 0 Å². The molecule has 8 heteroatoms. The minimum atomic E-state index is -3.68. The maximum absolute atomic E-state index is 12.3. The van der Waals surface area contributed by atoms with E-state index in [2.05, 4.69) is 10.3 Å². The fourth-order valence-corrected chi connectivity index (χ4v) is 3.14. The minimum absolute atomic E-state index is 0.0431. The Hall–Kier alpha value is -1.18. The highest BCUT2D eigenvalue weighted by atomic mass is 35.5. The zero-order valence-corrected chi connectivity index (χ0v) is 11.0. The van der Waals surface area contributed by atoms with Crippen molar-refractivity contribution < 1.29 is 13.2 Å². The average molecular weight is 290 g/mol. The maximum atomic E-state index is 12.3. The molecule has 1 fully saturated rings. The molecule has 0 atom stereocenters. The van der Waals surface area contributed by atoms with Gasteiger partial charge in [0.25, 0.3) is 0 Å². The van der Waals surface area contributed by atoms with Gasteiger partial charge in [0, 0.05) is 19.3 Å². The SMILES string of the molecule is O=C1CN(S(=O)(=O)c2ccc(Cl)nc2)CCCN1. The Bertz CT molecular complexity index is 544. The molecule has 1 aromatic rings. The van der Waals surface area contributed by atoms with Gasteiger partial charge in [0.05, 0.1) is 6.54 Å². The number of nitrogens with zero attached hydrogens (tertiary/aromatic N) is 2. The molecule has 0 aromatic carbocycles. The number of sulfonamides is 1. The molecule has 6 nitrogen and oxygen atoms in total. The molecular weight excluding hydrogens is 278 g/mol. The van der Waals surface area contributed by atoms with Crippen LogP contribution in [0.25, 0.3) is 0 Å². The quantitative estimate of drug-likeness (QED) is 0.791. The van der Waals surface area contributed by atoms with Gasteiger partial charge in [-0.1, -0.05) is 11.6 Å². The summed E-state index contributed by atoms with van der Waals surface area (Å²) in [7, 11) is -3.68. The lowest BCUT2D eigenvalue weighted by atomic mass is 10.4. The van der Waals surface area contributed by atoms with Gasteiger partial charge in [-0.15, -0.1) is 0 Å². The molecule has 1 aliphatic rings. The first-order valence-corrected chi connectivity index (χ1v) is 7.20. The van der Waals surface area contributed by atoms with Crippen LogP contribution in [0.15, 0.2) is 23.2 Å². The Morgan fingerprint density at radius 1 is 1.39 bits per heavy atom. The molecule has 1 aliphatic heterocycles. The molecule has 0 spiro atoms. The van der Waals surface area contributed by atoms with E-state index in [9.17, 15) is 13.2 Å². The molecule has 0 unspecified atom stereocenters. The van der Waals surface area contributed by atoms with Gasteiger partial charge < -0.3 is 5.32 Å². The van der Waals surface area contributed by atoms with Gasteiger partial charge in [0.15, 0.2) is 0 Å². The second kappa shape index (κ2) is 5.21. The van der Waals surface area contributed by atoms with Gasteiger partial charge in [-0.2, -0.15) is 4.31 Å². The zero-order chi connectivity index (χ0) is 13.2. The number of hydrogen-bond donors (Lipinski definition) is 1. The molecule has 2 rings (SSSR count). The van der Waals surface area contributed by atoms with Crippen LogP contribution in [0.1, 0.15) is 6.42 Å². The van der Waals surface area contributed by atoms with Crippen molar-refractivity contribution in [2.75, 3.05) is 19.6 Å². The molecule has 1 amide bonds. The predicted molar refractivity (Wildman–Crippen MR) is 65.6 cm³/mol.